The van der Waals surface area contributed by atoms with Crippen LogP contribution in [-0.2, 0) is 11.4 Å². The molecule has 0 aliphatic carbocycles. The topological polar surface area (TPSA) is 110 Å². The van der Waals surface area contributed by atoms with Crippen LogP contribution in [0.25, 0.3) is 6.08 Å². The van der Waals surface area contributed by atoms with Crippen LogP contribution in [0.1, 0.15) is 21.9 Å². The average Bonchev–Trinajstić information content (AvgIpc) is 3.20. The first-order valence-corrected chi connectivity index (χ1v) is 7.84. The second-order valence-electron chi connectivity index (χ2n) is 5.24. The van der Waals surface area contributed by atoms with E-state index in [9.17, 15) is 9.59 Å². The van der Waals surface area contributed by atoms with Gasteiger partial charge in [0.25, 0.3) is 5.91 Å². The summed E-state index contributed by atoms with van der Waals surface area (Å²) in [6.45, 7) is 0.0440. The Hall–Kier alpha value is -3.33. The number of carboxylic acid groups (broad SMARTS) is 1. The van der Waals surface area contributed by atoms with Crippen molar-refractivity contribution in [1.82, 2.24) is 10.6 Å². The molecule has 26 heavy (non-hydrogen) atoms. The number of carboxylic acids is 1. The van der Waals surface area contributed by atoms with Gasteiger partial charge in [-0.1, -0.05) is 6.07 Å². The molecule has 0 saturated carbocycles. The molecule has 134 valence electrons. The van der Waals surface area contributed by atoms with E-state index in [0.717, 1.165) is 0 Å². The highest BCUT2D eigenvalue weighted by Gasteiger charge is 2.20. The summed E-state index contributed by atoms with van der Waals surface area (Å²) >= 11 is 4.88. The van der Waals surface area contributed by atoms with E-state index in [4.69, 9.17) is 31.2 Å². The molecule has 1 aliphatic rings. The number of nitrogens with one attached hydrogen (secondary N) is 2. The third-order valence-electron chi connectivity index (χ3n) is 3.46. The Morgan fingerprint density at radius 2 is 2.08 bits per heavy atom. The van der Waals surface area contributed by atoms with Gasteiger partial charge in [0.05, 0.1) is 7.11 Å². The van der Waals surface area contributed by atoms with Crippen LogP contribution in [0.5, 0.6) is 11.5 Å². The molecule has 2 heterocycles. The number of aromatic carboxylic acids is 1. The van der Waals surface area contributed by atoms with Gasteiger partial charge in [-0.25, -0.2) is 4.79 Å². The Labute approximate surface area is 153 Å². The average molecular weight is 374 g/mol. The summed E-state index contributed by atoms with van der Waals surface area (Å²) in [7, 11) is 1.49. The fourth-order valence-electron chi connectivity index (χ4n) is 2.26. The number of hydrogen-bond acceptors (Lipinski definition) is 6. The van der Waals surface area contributed by atoms with E-state index in [-0.39, 0.29) is 23.4 Å². The molecule has 1 amide bonds. The molecular formula is C17H14N2O6S. The molecule has 1 saturated heterocycles. The van der Waals surface area contributed by atoms with Gasteiger partial charge in [0.15, 0.2) is 16.6 Å². The van der Waals surface area contributed by atoms with Crippen LogP contribution < -0.4 is 20.1 Å². The Morgan fingerprint density at radius 3 is 2.69 bits per heavy atom. The maximum absolute atomic E-state index is 11.7. The number of rotatable bonds is 6. The minimum atomic E-state index is -1.14. The van der Waals surface area contributed by atoms with Crippen molar-refractivity contribution >= 4 is 35.3 Å². The van der Waals surface area contributed by atoms with Gasteiger partial charge in [-0.2, -0.15) is 0 Å². The number of amides is 1. The number of thiocarbonyl (C=S) groups is 1. The first-order valence-electron chi connectivity index (χ1n) is 7.43. The molecule has 2 aromatic rings. The van der Waals surface area contributed by atoms with E-state index >= 15 is 0 Å². The molecule has 0 spiro atoms. The van der Waals surface area contributed by atoms with E-state index in [0.29, 0.717) is 28.5 Å². The molecule has 3 N–H and O–H groups in total. The van der Waals surface area contributed by atoms with E-state index in [1.54, 1.807) is 24.3 Å². The molecule has 0 radical (unpaired) electrons. The number of ether oxygens (including phenoxy) is 2. The monoisotopic (exact) mass is 374 g/mol. The summed E-state index contributed by atoms with van der Waals surface area (Å²) in [5.41, 5.74) is 1.05. The summed E-state index contributed by atoms with van der Waals surface area (Å²) in [6, 6.07) is 8.01. The van der Waals surface area contributed by atoms with Gasteiger partial charge >= 0.3 is 5.97 Å². The molecule has 1 fully saturated rings. The lowest BCUT2D eigenvalue weighted by Crippen LogP contribution is -2.21. The van der Waals surface area contributed by atoms with E-state index in [1.807, 2.05) is 0 Å². The highest BCUT2D eigenvalue weighted by molar-refractivity contribution is 7.80. The lowest BCUT2D eigenvalue weighted by molar-refractivity contribution is -0.115. The zero-order valence-corrected chi connectivity index (χ0v) is 14.4. The fourth-order valence-corrected chi connectivity index (χ4v) is 2.46. The first kappa shape index (κ1) is 17.5. The second-order valence-corrected chi connectivity index (χ2v) is 5.64. The van der Waals surface area contributed by atoms with Crippen LogP contribution in [0.4, 0.5) is 0 Å². The van der Waals surface area contributed by atoms with Gasteiger partial charge in [-0.15, -0.1) is 0 Å². The molecule has 0 bridgehead atoms. The lowest BCUT2D eigenvalue weighted by Gasteiger charge is -2.10. The number of carbonyl (C=O) groups is 2. The van der Waals surface area contributed by atoms with Crippen LogP contribution in [0.15, 0.2) is 40.4 Å². The predicted molar refractivity (Wildman–Crippen MR) is 94.8 cm³/mol. The largest absolute Gasteiger partial charge is 0.493 e. The summed E-state index contributed by atoms with van der Waals surface area (Å²) in [5, 5.41) is 14.3. The molecule has 3 rings (SSSR count). The quantitative estimate of drug-likeness (QED) is 0.520. The zero-order valence-electron chi connectivity index (χ0n) is 13.6. The molecule has 0 atom stereocenters. The molecule has 9 heteroatoms. The molecule has 1 aromatic carbocycles. The molecule has 0 unspecified atom stereocenters. The highest BCUT2D eigenvalue weighted by Crippen LogP contribution is 2.30. The van der Waals surface area contributed by atoms with Crippen LogP contribution in [-0.4, -0.2) is 29.2 Å². The Bertz CT molecular complexity index is 918. The zero-order chi connectivity index (χ0) is 18.7. The number of furan rings is 1. The maximum atomic E-state index is 11.7. The van der Waals surface area contributed by atoms with Crippen molar-refractivity contribution in [3.8, 4) is 11.5 Å². The summed E-state index contributed by atoms with van der Waals surface area (Å²) < 4.78 is 16.1. The van der Waals surface area contributed by atoms with Gasteiger partial charge in [-0.3, -0.25) is 10.1 Å². The van der Waals surface area contributed by atoms with E-state index in [1.165, 1.54) is 19.2 Å². The van der Waals surface area contributed by atoms with Crippen molar-refractivity contribution < 1.29 is 28.6 Å². The van der Waals surface area contributed by atoms with Crippen molar-refractivity contribution in [1.29, 1.82) is 0 Å². The smallest absolute Gasteiger partial charge is 0.371 e. The third-order valence-corrected chi connectivity index (χ3v) is 3.67. The minimum Gasteiger partial charge on any atom is -0.493 e. The first-order chi connectivity index (χ1) is 12.5. The summed E-state index contributed by atoms with van der Waals surface area (Å²) in [4.78, 5) is 22.5. The van der Waals surface area contributed by atoms with Crippen molar-refractivity contribution in [2.45, 2.75) is 6.61 Å². The predicted octanol–water partition coefficient (Wildman–Crippen LogP) is 1.91. The van der Waals surface area contributed by atoms with E-state index in [2.05, 4.69) is 10.6 Å². The summed E-state index contributed by atoms with van der Waals surface area (Å²) in [6.07, 6.45) is 1.63. The highest BCUT2D eigenvalue weighted by atomic mass is 32.1. The van der Waals surface area contributed by atoms with Crippen molar-refractivity contribution in [3.05, 3.63) is 53.1 Å². The number of methoxy groups -OCH3 is 1. The maximum Gasteiger partial charge on any atom is 0.371 e. The van der Waals surface area contributed by atoms with Crippen LogP contribution in [0.2, 0.25) is 0 Å². The normalized spacial score (nSPS) is 14.9. The van der Waals surface area contributed by atoms with Gasteiger partial charge in [-0.05, 0) is 48.1 Å². The standard InChI is InChI=1S/C17H14N2O6S/c1-23-14-7-9(6-11-15(20)19-17(26)18-11)2-4-12(14)24-8-10-3-5-13(25-10)16(21)22/h2-7H,8H2,1H3,(H,21,22)(H2,18,19,20,26). The second kappa shape index (κ2) is 7.28. The molecule has 1 aromatic heterocycles. The molecule has 1 aliphatic heterocycles. The molecule has 8 nitrogen and oxygen atoms in total. The SMILES string of the molecule is COc1cc(C=C2NC(=S)NC2=O)ccc1OCc1ccc(C(=O)O)o1. The van der Waals surface area contributed by atoms with Gasteiger partial charge in [0.2, 0.25) is 5.76 Å². The minimum absolute atomic E-state index is 0.0440. The Morgan fingerprint density at radius 1 is 1.27 bits per heavy atom. The lowest BCUT2D eigenvalue weighted by atomic mass is 10.1. The Kier molecular flexibility index (Phi) is 4.90. The summed E-state index contributed by atoms with van der Waals surface area (Å²) in [5.74, 6) is -0.335. The van der Waals surface area contributed by atoms with Crippen LogP contribution in [0, 0.1) is 0 Å². The molecular weight excluding hydrogens is 360 g/mol. The van der Waals surface area contributed by atoms with Gasteiger partial charge < -0.3 is 24.3 Å². The number of hydrogen-bond donors (Lipinski definition) is 3. The number of carbonyl (C=O) groups excluding carboxylic acids is 1. The Balaban J connectivity index is 1.74. The van der Waals surface area contributed by atoms with Crippen LogP contribution >= 0.6 is 12.2 Å². The van der Waals surface area contributed by atoms with Gasteiger partial charge in [0.1, 0.15) is 18.1 Å². The van der Waals surface area contributed by atoms with E-state index < -0.39 is 5.97 Å². The van der Waals surface area contributed by atoms with Crippen molar-refractivity contribution in [2.75, 3.05) is 7.11 Å². The van der Waals surface area contributed by atoms with Gasteiger partial charge in [0, 0.05) is 0 Å². The number of benzene rings is 1. The van der Waals surface area contributed by atoms with Crippen molar-refractivity contribution in [2.24, 2.45) is 0 Å². The van der Waals surface area contributed by atoms with Crippen molar-refractivity contribution in [3.63, 3.8) is 0 Å². The van der Waals surface area contributed by atoms with Crippen LogP contribution in [0.3, 0.4) is 0 Å². The third kappa shape index (κ3) is 3.83. The fraction of sp³-hybridized carbons (Fsp3) is 0.118.